The van der Waals surface area contributed by atoms with Gasteiger partial charge in [-0.3, -0.25) is 9.59 Å². The minimum atomic E-state index is -0.628. The molecule has 2 rings (SSSR count). The number of thioether (sulfide) groups is 1. The van der Waals surface area contributed by atoms with E-state index in [9.17, 15) is 9.59 Å². The predicted octanol–water partition coefficient (Wildman–Crippen LogP) is 5.93. The van der Waals surface area contributed by atoms with Crippen molar-refractivity contribution < 1.29 is 9.59 Å². The third kappa shape index (κ3) is 7.69. The molecule has 1 N–H and O–H groups in total. The lowest BCUT2D eigenvalue weighted by atomic mass is 10.1. The summed E-state index contributed by atoms with van der Waals surface area (Å²) in [5.41, 5.74) is 0.803. The summed E-state index contributed by atoms with van der Waals surface area (Å²) in [4.78, 5) is 28.2. The summed E-state index contributed by atoms with van der Waals surface area (Å²) in [6.07, 6.45) is 0. The number of hydrogen-bond donors (Lipinski definition) is 1. The average Bonchev–Trinajstić information content (AvgIpc) is 2.71. The zero-order valence-electron chi connectivity index (χ0n) is 17.1. The van der Waals surface area contributed by atoms with Crippen molar-refractivity contribution in [2.45, 2.75) is 38.3 Å². The fourth-order valence-corrected chi connectivity index (χ4v) is 3.86. The number of hydrogen-bond acceptors (Lipinski definition) is 3. The Balaban J connectivity index is 2.15. The highest BCUT2D eigenvalue weighted by Crippen LogP contribution is 2.25. The molecule has 0 bridgehead atoms. The number of carbonyl (C=O) groups excluding carboxylic acids is 2. The summed E-state index contributed by atoms with van der Waals surface area (Å²) in [5.74, 6) is 0.188. The Morgan fingerprint density at radius 3 is 2.27 bits per heavy atom. The number of rotatable bonds is 9. The van der Waals surface area contributed by atoms with Crippen molar-refractivity contribution in [3.63, 3.8) is 0 Å². The summed E-state index contributed by atoms with van der Waals surface area (Å²) >= 11 is 19.4. The van der Waals surface area contributed by atoms with Crippen LogP contribution in [0.4, 0.5) is 0 Å². The van der Waals surface area contributed by atoms with E-state index in [-0.39, 0.29) is 24.1 Å². The van der Waals surface area contributed by atoms with Gasteiger partial charge < -0.3 is 10.2 Å². The second kappa shape index (κ2) is 11.8. The first-order valence-corrected chi connectivity index (χ1v) is 11.7. The van der Waals surface area contributed by atoms with Gasteiger partial charge >= 0.3 is 0 Å². The first kappa shape index (κ1) is 24.9. The van der Waals surface area contributed by atoms with E-state index in [2.05, 4.69) is 5.32 Å². The van der Waals surface area contributed by atoms with Gasteiger partial charge in [-0.05, 0) is 54.8 Å². The molecule has 2 amide bonds. The predicted molar refractivity (Wildman–Crippen MR) is 126 cm³/mol. The van der Waals surface area contributed by atoms with Crippen LogP contribution in [0.2, 0.25) is 15.1 Å². The van der Waals surface area contributed by atoms with Crippen molar-refractivity contribution in [2.24, 2.45) is 5.92 Å². The molecule has 0 saturated heterocycles. The fraction of sp³-hybridized carbons (Fsp3) is 0.364. The topological polar surface area (TPSA) is 49.4 Å². The van der Waals surface area contributed by atoms with Crippen LogP contribution in [0, 0.1) is 5.92 Å². The summed E-state index contributed by atoms with van der Waals surface area (Å²) in [5, 5.41) is 4.40. The maximum absolute atomic E-state index is 13.1. The third-order valence-corrected chi connectivity index (χ3v) is 6.35. The molecule has 0 saturated carbocycles. The molecule has 0 aliphatic heterocycles. The molecule has 0 aliphatic rings. The Morgan fingerprint density at radius 1 is 1.00 bits per heavy atom. The number of benzene rings is 2. The Kier molecular flexibility index (Phi) is 9.82. The van der Waals surface area contributed by atoms with Gasteiger partial charge in [-0.1, -0.05) is 54.7 Å². The van der Waals surface area contributed by atoms with Crippen molar-refractivity contribution in [3.05, 3.63) is 63.1 Å². The zero-order valence-corrected chi connectivity index (χ0v) is 20.2. The van der Waals surface area contributed by atoms with Crippen LogP contribution in [0.25, 0.3) is 0 Å². The van der Waals surface area contributed by atoms with Crippen LogP contribution >= 0.6 is 46.6 Å². The van der Waals surface area contributed by atoms with E-state index < -0.39 is 6.04 Å². The van der Waals surface area contributed by atoms with Gasteiger partial charge in [0, 0.05) is 23.0 Å². The van der Waals surface area contributed by atoms with Gasteiger partial charge in [0.1, 0.15) is 6.04 Å². The largest absolute Gasteiger partial charge is 0.354 e. The Labute approximate surface area is 197 Å². The minimum absolute atomic E-state index is 0.145. The molecule has 0 fully saturated rings. The van der Waals surface area contributed by atoms with E-state index in [0.29, 0.717) is 27.5 Å². The van der Waals surface area contributed by atoms with E-state index in [4.69, 9.17) is 34.8 Å². The molecule has 0 radical (unpaired) electrons. The zero-order chi connectivity index (χ0) is 22.3. The van der Waals surface area contributed by atoms with E-state index in [0.717, 1.165) is 10.5 Å². The van der Waals surface area contributed by atoms with E-state index in [1.807, 2.05) is 26.0 Å². The Hall–Kier alpha value is -1.40. The smallest absolute Gasteiger partial charge is 0.242 e. The van der Waals surface area contributed by atoms with Crippen LogP contribution in [0.3, 0.4) is 0 Å². The quantitative estimate of drug-likeness (QED) is 0.446. The second-order valence-corrected chi connectivity index (χ2v) is 9.63. The number of halogens is 3. The SMILES string of the molecule is CC(C)CNC(=O)[C@H](C)N(Cc1ccc(Cl)c(Cl)c1)C(=O)CSc1ccc(Cl)cc1. The van der Waals surface area contributed by atoms with E-state index >= 15 is 0 Å². The van der Waals surface area contributed by atoms with Gasteiger partial charge in [-0.2, -0.15) is 0 Å². The molecule has 1 atom stereocenters. The summed E-state index contributed by atoms with van der Waals surface area (Å²) < 4.78 is 0. The molecular weight excluding hydrogens is 463 g/mol. The van der Waals surface area contributed by atoms with Crippen molar-refractivity contribution in [1.82, 2.24) is 10.2 Å². The first-order chi connectivity index (χ1) is 14.2. The molecule has 2 aromatic carbocycles. The highest BCUT2D eigenvalue weighted by Gasteiger charge is 2.26. The molecule has 8 heteroatoms. The standard InChI is InChI=1S/C22H25Cl3N2O2S/c1-14(2)11-26-22(29)15(3)27(12-16-4-9-19(24)20(25)10-16)21(28)13-30-18-7-5-17(23)6-8-18/h4-10,14-15H,11-13H2,1-3H3,(H,26,29)/t15-/m0/s1. The first-order valence-electron chi connectivity index (χ1n) is 9.57. The van der Waals surface area contributed by atoms with Crippen LogP contribution in [0.1, 0.15) is 26.3 Å². The van der Waals surface area contributed by atoms with Gasteiger partial charge in [-0.15, -0.1) is 11.8 Å². The highest BCUT2D eigenvalue weighted by atomic mass is 35.5. The highest BCUT2D eigenvalue weighted by molar-refractivity contribution is 8.00. The van der Waals surface area contributed by atoms with Crippen molar-refractivity contribution in [3.8, 4) is 0 Å². The van der Waals surface area contributed by atoms with Crippen molar-refractivity contribution in [1.29, 1.82) is 0 Å². The monoisotopic (exact) mass is 486 g/mol. The van der Waals surface area contributed by atoms with Gasteiger partial charge in [-0.25, -0.2) is 0 Å². The fourth-order valence-electron chi connectivity index (χ4n) is 2.63. The lowest BCUT2D eigenvalue weighted by Gasteiger charge is -2.29. The molecule has 0 aliphatic carbocycles. The molecule has 0 heterocycles. The van der Waals surface area contributed by atoms with E-state index in [1.165, 1.54) is 11.8 Å². The molecule has 4 nitrogen and oxygen atoms in total. The van der Waals surface area contributed by atoms with Gasteiger partial charge in [0.25, 0.3) is 0 Å². The average molecular weight is 488 g/mol. The van der Waals surface area contributed by atoms with Crippen LogP contribution in [0.15, 0.2) is 47.4 Å². The van der Waals surface area contributed by atoms with E-state index in [1.54, 1.807) is 42.2 Å². The number of nitrogens with zero attached hydrogens (tertiary/aromatic N) is 1. The number of amides is 2. The third-order valence-electron chi connectivity index (χ3n) is 4.36. The molecule has 0 spiro atoms. The Morgan fingerprint density at radius 2 is 1.67 bits per heavy atom. The molecule has 162 valence electrons. The number of carbonyl (C=O) groups is 2. The number of nitrogens with one attached hydrogen (secondary N) is 1. The second-order valence-electron chi connectivity index (χ2n) is 7.33. The molecule has 30 heavy (non-hydrogen) atoms. The summed E-state index contributed by atoms with van der Waals surface area (Å²) in [6.45, 7) is 6.58. The maximum atomic E-state index is 13.1. The van der Waals surface area contributed by atoms with Gasteiger partial charge in [0.2, 0.25) is 11.8 Å². The van der Waals surface area contributed by atoms with Crippen LogP contribution < -0.4 is 5.32 Å². The molecule has 0 aromatic heterocycles. The minimum Gasteiger partial charge on any atom is -0.354 e. The molecular formula is C22H25Cl3N2O2S. The molecule has 0 unspecified atom stereocenters. The van der Waals surface area contributed by atoms with Crippen molar-refractivity contribution in [2.75, 3.05) is 12.3 Å². The van der Waals surface area contributed by atoms with Crippen LogP contribution in [-0.2, 0) is 16.1 Å². The van der Waals surface area contributed by atoms with Crippen LogP contribution in [0.5, 0.6) is 0 Å². The Bertz CT molecular complexity index is 875. The lowest BCUT2D eigenvalue weighted by molar-refractivity contribution is -0.138. The lowest BCUT2D eigenvalue weighted by Crippen LogP contribution is -2.48. The van der Waals surface area contributed by atoms with Crippen LogP contribution in [-0.4, -0.2) is 35.1 Å². The van der Waals surface area contributed by atoms with Crippen molar-refractivity contribution >= 4 is 58.4 Å². The molecule has 2 aromatic rings. The summed E-state index contributed by atoms with van der Waals surface area (Å²) in [7, 11) is 0. The maximum Gasteiger partial charge on any atom is 0.242 e. The normalized spacial score (nSPS) is 12.0. The summed E-state index contributed by atoms with van der Waals surface area (Å²) in [6, 6.07) is 11.9. The van der Waals surface area contributed by atoms with Gasteiger partial charge in [0.15, 0.2) is 0 Å². The van der Waals surface area contributed by atoms with Gasteiger partial charge in [0.05, 0.1) is 15.8 Å².